The van der Waals surface area contributed by atoms with E-state index in [4.69, 9.17) is 16.3 Å². The third-order valence-corrected chi connectivity index (χ3v) is 5.00. The molecule has 1 aromatic carbocycles. The van der Waals surface area contributed by atoms with E-state index in [0.717, 1.165) is 24.9 Å². The van der Waals surface area contributed by atoms with Crippen LogP contribution in [-0.2, 0) is 26.4 Å². The SMILES string of the molecule is COc1ccc(C(C)NCc2c3c(nn2C)CCCC3)cc1Cl. The predicted molar refractivity (Wildman–Crippen MR) is 93.1 cm³/mol. The summed E-state index contributed by atoms with van der Waals surface area (Å²) in [6, 6.07) is 6.16. The van der Waals surface area contributed by atoms with Gasteiger partial charge in [0, 0.05) is 19.6 Å². The number of aromatic nitrogens is 2. The van der Waals surface area contributed by atoms with E-state index >= 15 is 0 Å². The maximum atomic E-state index is 6.23. The molecule has 3 rings (SSSR count). The van der Waals surface area contributed by atoms with Gasteiger partial charge in [-0.1, -0.05) is 17.7 Å². The van der Waals surface area contributed by atoms with E-state index in [1.54, 1.807) is 7.11 Å². The zero-order valence-corrected chi connectivity index (χ0v) is 14.8. The maximum Gasteiger partial charge on any atom is 0.137 e. The summed E-state index contributed by atoms with van der Waals surface area (Å²) in [5, 5.41) is 8.92. The van der Waals surface area contributed by atoms with Crippen LogP contribution >= 0.6 is 11.6 Å². The van der Waals surface area contributed by atoms with Crippen molar-refractivity contribution >= 4 is 11.6 Å². The number of halogens is 1. The Morgan fingerprint density at radius 2 is 2.13 bits per heavy atom. The lowest BCUT2D eigenvalue weighted by atomic mass is 9.96. The number of rotatable bonds is 5. The molecule has 0 fully saturated rings. The number of nitrogens with zero attached hydrogens (tertiary/aromatic N) is 2. The van der Waals surface area contributed by atoms with Crippen LogP contribution in [0.15, 0.2) is 18.2 Å². The third-order valence-electron chi connectivity index (χ3n) is 4.70. The fourth-order valence-corrected chi connectivity index (χ4v) is 3.55. The van der Waals surface area contributed by atoms with Gasteiger partial charge in [-0.2, -0.15) is 5.10 Å². The number of fused-ring (bicyclic) bond motifs is 1. The van der Waals surface area contributed by atoms with Gasteiger partial charge in [-0.25, -0.2) is 0 Å². The minimum Gasteiger partial charge on any atom is -0.495 e. The van der Waals surface area contributed by atoms with Gasteiger partial charge in [-0.3, -0.25) is 4.68 Å². The summed E-state index contributed by atoms with van der Waals surface area (Å²) < 4.78 is 7.25. The number of nitrogens with one attached hydrogen (secondary N) is 1. The van der Waals surface area contributed by atoms with Crippen LogP contribution in [0.25, 0.3) is 0 Å². The van der Waals surface area contributed by atoms with Gasteiger partial charge < -0.3 is 10.1 Å². The van der Waals surface area contributed by atoms with E-state index in [0.29, 0.717) is 10.8 Å². The number of hydrogen-bond acceptors (Lipinski definition) is 3. The average molecular weight is 334 g/mol. The monoisotopic (exact) mass is 333 g/mol. The molecule has 5 heteroatoms. The predicted octanol–water partition coefficient (Wildman–Crippen LogP) is 3.81. The lowest BCUT2D eigenvalue weighted by molar-refractivity contribution is 0.414. The van der Waals surface area contributed by atoms with Crippen molar-refractivity contribution in [3.8, 4) is 5.75 Å². The van der Waals surface area contributed by atoms with Crippen molar-refractivity contribution in [1.29, 1.82) is 0 Å². The maximum absolute atomic E-state index is 6.23. The Morgan fingerprint density at radius 3 is 2.87 bits per heavy atom. The average Bonchev–Trinajstić information content (AvgIpc) is 2.87. The number of aryl methyl sites for hydroxylation is 2. The lowest BCUT2D eigenvalue weighted by Gasteiger charge is -2.17. The summed E-state index contributed by atoms with van der Waals surface area (Å²) >= 11 is 6.23. The second-order valence-corrected chi connectivity index (χ2v) is 6.61. The molecule has 1 aliphatic carbocycles. The summed E-state index contributed by atoms with van der Waals surface area (Å²) in [7, 11) is 3.68. The highest BCUT2D eigenvalue weighted by Gasteiger charge is 2.19. The Morgan fingerprint density at radius 1 is 1.35 bits per heavy atom. The molecule has 0 spiro atoms. The Kier molecular flexibility index (Phi) is 4.93. The zero-order chi connectivity index (χ0) is 16.4. The van der Waals surface area contributed by atoms with E-state index < -0.39 is 0 Å². The van der Waals surface area contributed by atoms with Crippen LogP contribution in [-0.4, -0.2) is 16.9 Å². The van der Waals surface area contributed by atoms with E-state index in [2.05, 4.69) is 23.4 Å². The van der Waals surface area contributed by atoms with Crippen LogP contribution in [0.4, 0.5) is 0 Å². The normalized spacial score (nSPS) is 15.3. The number of hydrogen-bond donors (Lipinski definition) is 1. The Balaban J connectivity index is 1.71. The van der Waals surface area contributed by atoms with Crippen molar-refractivity contribution < 1.29 is 4.74 Å². The zero-order valence-electron chi connectivity index (χ0n) is 14.0. The molecule has 1 atom stereocenters. The van der Waals surface area contributed by atoms with Gasteiger partial charge in [-0.05, 0) is 55.9 Å². The summed E-state index contributed by atoms with van der Waals surface area (Å²) in [5.74, 6) is 0.711. The van der Waals surface area contributed by atoms with Crippen LogP contribution < -0.4 is 10.1 Å². The van der Waals surface area contributed by atoms with Gasteiger partial charge >= 0.3 is 0 Å². The molecule has 124 valence electrons. The lowest BCUT2D eigenvalue weighted by Crippen LogP contribution is -2.21. The number of ether oxygens (including phenoxy) is 1. The highest BCUT2D eigenvalue weighted by atomic mass is 35.5. The minimum atomic E-state index is 0.215. The van der Waals surface area contributed by atoms with Gasteiger partial charge in [0.15, 0.2) is 0 Å². The van der Waals surface area contributed by atoms with Crippen molar-refractivity contribution in [2.45, 2.75) is 45.2 Å². The molecule has 0 bridgehead atoms. The first-order valence-electron chi connectivity index (χ1n) is 8.20. The summed E-state index contributed by atoms with van der Waals surface area (Å²) in [4.78, 5) is 0. The van der Waals surface area contributed by atoms with Crippen LogP contribution in [0.5, 0.6) is 5.75 Å². The molecule has 2 aromatic rings. The van der Waals surface area contributed by atoms with Gasteiger partial charge in [-0.15, -0.1) is 0 Å². The summed E-state index contributed by atoms with van der Waals surface area (Å²) in [6.45, 7) is 2.98. The van der Waals surface area contributed by atoms with Gasteiger partial charge in [0.1, 0.15) is 5.75 Å². The molecule has 1 N–H and O–H groups in total. The minimum absolute atomic E-state index is 0.215. The quantitative estimate of drug-likeness (QED) is 0.904. The molecule has 0 saturated carbocycles. The molecule has 4 nitrogen and oxygen atoms in total. The van der Waals surface area contributed by atoms with Crippen LogP contribution in [0, 0.1) is 0 Å². The van der Waals surface area contributed by atoms with Crippen molar-refractivity contribution in [3.05, 3.63) is 45.7 Å². The Hall–Kier alpha value is -1.52. The van der Waals surface area contributed by atoms with E-state index in [1.165, 1.54) is 29.8 Å². The second kappa shape index (κ2) is 6.93. The first-order chi connectivity index (χ1) is 11.1. The molecular weight excluding hydrogens is 310 g/mol. The molecule has 0 radical (unpaired) electrons. The Labute approximate surface area is 142 Å². The van der Waals surface area contributed by atoms with Gasteiger partial charge in [0.05, 0.1) is 23.5 Å². The Bertz CT molecular complexity index is 696. The van der Waals surface area contributed by atoms with E-state index in [9.17, 15) is 0 Å². The van der Waals surface area contributed by atoms with Crippen LogP contribution in [0.1, 0.15) is 48.3 Å². The number of methoxy groups -OCH3 is 1. The first-order valence-corrected chi connectivity index (χ1v) is 8.58. The van der Waals surface area contributed by atoms with Crippen LogP contribution in [0.3, 0.4) is 0 Å². The molecule has 0 saturated heterocycles. The molecule has 1 aromatic heterocycles. The molecule has 1 aliphatic rings. The topological polar surface area (TPSA) is 39.1 Å². The van der Waals surface area contributed by atoms with Gasteiger partial charge in [0.2, 0.25) is 0 Å². The second-order valence-electron chi connectivity index (χ2n) is 6.20. The van der Waals surface area contributed by atoms with E-state index in [-0.39, 0.29) is 6.04 Å². The van der Waals surface area contributed by atoms with Gasteiger partial charge in [0.25, 0.3) is 0 Å². The van der Waals surface area contributed by atoms with Crippen molar-refractivity contribution in [3.63, 3.8) is 0 Å². The van der Waals surface area contributed by atoms with Crippen molar-refractivity contribution in [2.24, 2.45) is 7.05 Å². The van der Waals surface area contributed by atoms with Crippen molar-refractivity contribution in [2.75, 3.05) is 7.11 Å². The standard InChI is InChI=1S/C18H24ClN3O/c1-12(13-8-9-18(23-3)15(19)10-13)20-11-17-14-6-4-5-7-16(14)21-22(17)2/h8-10,12,20H,4-7,11H2,1-3H3. The molecular formula is C18H24ClN3O. The van der Waals surface area contributed by atoms with E-state index in [1.807, 2.05) is 23.9 Å². The third kappa shape index (κ3) is 3.38. The molecule has 1 unspecified atom stereocenters. The molecule has 0 amide bonds. The smallest absolute Gasteiger partial charge is 0.137 e. The fourth-order valence-electron chi connectivity index (χ4n) is 3.29. The summed E-state index contributed by atoms with van der Waals surface area (Å²) in [6.07, 6.45) is 4.81. The highest BCUT2D eigenvalue weighted by molar-refractivity contribution is 6.32. The summed E-state index contributed by atoms with van der Waals surface area (Å²) in [5.41, 5.74) is 5.21. The highest BCUT2D eigenvalue weighted by Crippen LogP contribution is 2.28. The fraction of sp³-hybridized carbons (Fsp3) is 0.500. The molecule has 0 aliphatic heterocycles. The molecule has 1 heterocycles. The first kappa shape index (κ1) is 16.3. The molecule has 23 heavy (non-hydrogen) atoms. The van der Waals surface area contributed by atoms with Crippen molar-refractivity contribution in [1.82, 2.24) is 15.1 Å². The number of benzene rings is 1. The largest absolute Gasteiger partial charge is 0.495 e. The van der Waals surface area contributed by atoms with Crippen LogP contribution in [0.2, 0.25) is 5.02 Å².